The predicted molar refractivity (Wildman–Crippen MR) is 83.1 cm³/mol. The largest absolute Gasteiger partial charge is 0.462 e. The summed E-state index contributed by atoms with van der Waals surface area (Å²) in [6.07, 6.45) is 0.750. The van der Waals surface area contributed by atoms with Crippen molar-refractivity contribution < 1.29 is 22.3 Å². The molecule has 2 rings (SSSR count). The van der Waals surface area contributed by atoms with Gasteiger partial charge in [-0.05, 0) is 51.1 Å². The Kier molecular flexibility index (Phi) is 5.72. The van der Waals surface area contributed by atoms with Gasteiger partial charge in [-0.1, -0.05) is 0 Å². The summed E-state index contributed by atoms with van der Waals surface area (Å²) in [7, 11) is -2.01. The number of carbonyl (C=O) groups is 1. The molecule has 1 aromatic carbocycles. The molecule has 0 aromatic heterocycles. The lowest BCUT2D eigenvalue weighted by molar-refractivity contribution is 0.0525. The molecule has 0 saturated carbocycles. The van der Waals surface area contributed by atoms with E-state index in [4.69, 9.17) is 4.74 Å². The molecule has 1 aliphatic heterocycles. The minimum atomic E-state index is -3.83. The molecule has 23 heavy (non-hydrogen) atoms. The molecule has 1 aromatic rings. The number of hydrogen-bond donors (Lipinski definition) is 1. The lowest BCUT2D eigenvalue weighted by atomic mass is 10.1. The summed E-state index contributed by atoms with van der Waals surface area (Å²) in [6, 6.07) is 3.08. The summed E-state index contributed by atoms with van der Waals surface area (Å²) in [5.74, 6) is -1.29. The van der Waals surface area contributed by atoms with Gasteiger partial charge in [0.2, 0.25) is 10.0 Å². The summed E-state index contributed by atoms with van der Waals surface area (Å²) in [6.45, 7) is 3.26. The molecule has 1 N–H and O–H groups in total. The molecule has 1 heterocycles. The molecule has 1 saturated heterocycles. The first-order valence-electron chi connectivity index (χ1n) is 7.51. The Morgan fingerprint density at radius 1 is 1.43 bits per heavy atom. The zero-order chi connectivity index (χ0) is 17.0. The average Bonchev–Trinajstić information content (AvgIpc) is 2.96. The van der Waals surface area contributed by atoms with Crippen molar-refractivity contribution in [3.63, 3.8) is 0 Å². The van der Waals surface area contributed by atoms with Crippen molar-refractivity contribution in [3.05, 3.63) is 29.6 Å². The Morgan fingerprint density at radius 3 is 2.83 bits per heavy atom. The topological polar surface area (TPSA) is 75.7 Å². The summed E-state index contributed by atoms with van der Waals surface area (Å²) in [5, 5.41) is 3.03. The van der Waals surface area contributed by atoms with Crippen molar-refractivity contribution in [2.24, 2.45) is 5.92 Å². The van der Waals surface area contributed by atoms with Crippen molar-refractivity contribution in [2.45, 2.75) is 18.2 Å². The lowest BCUT2D eigenvalue weighted by Gasteiger charge is -2.17. The van der Waals surface area contributed by atoms with Crippen LogP contribution in [0.25, 0.3) is 0 Å². The summed E-state index contributed by atoms with van der Waals surface area (Å²) < 4.78 is 45.2. The monoisotopic (exact) mass is 344 g/mol. The van der Waals surface area contributed by atoms with E-state index in [1.165, 1.54) is 10.4 Å². The fraction of sp³-hybridized carbons (Fsp3) is 0.533. The van der Waals surface area contributed by atoms with Gasteiger partial charge in [0.05, 0.1) is 17.1 Å². The number of sulfonamides is 1. The first-order chi connectivity index (χ1) is 10.9. The van der Waals surface area contributed by atoms with Crippen LogP contribution in [0.3, 0.4) is 0 Å². The number of hydrogen-bond acceptors (Lipinski definition) is 5. The van der Waals surface area contributed by atoms with Gasteiger partial charge in [0.1, 0.15) is 5.82 Å². The zero-order valence-corrected chi connectivity index (χ0v) is 14.0. The third kappa shape index (κ3) is 4.07. The molecular formula is C15H21FN2O4S. The number of benzene rings is 1. The minimum Gasteiger partial charge on any atom is -0.462 e. The second-order valence-electron chi connectivity index (χ2n) is 5.47. The number of nitrogens with zero attached hydrogens (tertiary/aromatic N) is 1. The summed E-state index contributed by atoms with van der Waals surface area (Å²) in [4.78, 5) is 11.5. The van der Waals surface area contributed by atoms with Crippen LogP contribution in [0, 0.1) is 11.7 Å². The molecule has 1 fully saturated rings. The summed E-state index contributed by atoms with van der Waals surface area (Å²) in [5.41, 5.74) is -0.101. The van der Waals surface area contributed by atoms with Gasteiger partial charge in [-0.2, -0.15) is 4.31 Å². The van der Waals surface area contributed by atoms with Gasteiger partial charge in [-0.15, -0.1) is 0 Å². The van der Waals surface area contributed by atoms with E-state index in [0.29, 0.717) is 13.1 Å². The maximum absolute atomic E-state index is 13.7. The molecular weight excluding hydrogens is 323 g/mol. The molecule has 1 unspecified atom stereocenters. The molecule has 1 aliphatic rings. The van der Waals surface area contributed by atoms with Gasteiger partial charge in [-0.3, -0.25) is 0 Å². The predicted octanol–water partition coefficient (Wildman–Crippen LogP) is 1.23. The van der Waals surface area contributed by atoms with E-state index in [-0.39, 0.29) is 23.0 Å². The number of nitrogens with one attached hydrogen (secondary N) is 1. The van der Waals surface area contributed by atoms with Crippen molar-refractivity contribution >= 4 is 16.0 Å². The first-order valence-corrected chi connectivity index (χ1v) is 8.95. The van der Waals surface area contributed by atoms with Gasteiger partial charge in [-0.25, -0.2) is 17.6 Å². The molecule has 0 bridgehead atoms. The number of rotatable bonds is 6. The second kappa shape index (κ2) is 7.37. The van der Waals surface area contributed by atoms with Crippen molar-refractivity contribution in [1.82, 2.24) is 9.62 Å². The molecule has 0 aliphatic carbocycles. The highest BCUT2D eigenvalue weighted by molar-refractivity contribution is 7.89. The average molecular weight is 344 g/mol. The van der Waals surface area contributed by atoms with Crippen LogP contribution in [0.1, 0.15) is 23.7 Å². The van der Waals surface area contributed by atoms with Gasteiger partial charge >= 0.3 is 5.97 Å². The fourth-order valence-corrected chi connectivity index (χ4v) is 4.25. The molecule has 1 atom stereocenters. The SMILES string of the molecule is CCOC(=O)c1cc(F)cc(S(=O)(=O)N2CCC(CNC)C2)c1. The highest BCUT2D eigenvalue weighted by Crippen LogP contribution is 2.25. The molecule has 0 amide bonds. The second-order valence-corrected chi connectivity index (χ2v) is 7.41. The van der Waals surface area contributed by atoms with Gasteiger partial charge in [0.25, 0.3) is 0 Å². The smallest absolute Gasteiger partial charge is 0.338 e. The van der Waals surface area contributed by atoms with Crippen molar-refractivity contribution in [2.75, 3.05) is 33.3 Å². The third-order valence-corrected chi connectivity index (χ3v) is 5.60. The van der Waals surface area contributed by atoms with Gasteiger partial charge in [0.15, 0.2) is 0 Å². The number of esters is 1. The molecule has 128 valence electrons. The van der Waals surface area contributed by atoms with E-state index < -0.39 is 21.8 Å². The van der Waals surface area contributed by atoms with E-state index in [2.05, 4.69) is 5.32 Å². The van der Waals surface area contributed by atoms with E-state index >= 15 is 0 Å². The summed E-state index contributed by atoms with van der Waals surface area (Å²) >= 11 is 0. The van der Waals surface area contributed by atoms with Crippen LogP contribution in [-0.4, -0.2) is 52.0 Å². The van der Waals surface area contributed by atoms with Crippen LogP contribution in [-0.2, 0) is 14.8 Å². The molecule has 0 radical (unpaired) electrons. The zero-order valence-electron chi connectivity index (χ0n) is 13.2. The molecule has 8 heteroatoms. The van der Waals surface area contributed by atoms with Gasteiger partial charge in [0, 0.05) is 13.1 Å². The van der Waals surface area contributed by atoms with E-state index in [1.807, 2.05) is 7.05 Å². The molecule has 0 spiro atoms. The quantitative estimate of drug-likeness (QED) is 0.786. The Balaban J connectivity index is 2.28. The maximum Gasteiger partial charge on any atom is 0.338 e. The number of ether oxygens (including phenoxy) is 1. The lowest BCUT2D eigenvalue weighted by Crippen LogP contribution is -2.30. The Labute approximate surface area is 135 Å². The Hall–Kier alpha value is -1.51. The van der Waals surface area contributed by atoms with E-state index in [1.54, 1.807) is 6.92 Å². The highest BCUT2D eigenvalue weighted by Gasteiger charge is 2.33. The van der Waals surface area contributed by atoms with Gasteiger partial charge < -0.3 is 10.1 Å². The third-order valence-electron chi connectivity index (χ3n) is 3.76. The van der Waals surface area contributed by atoms with E-state index in [9.17, 15) is 17.6 Å². The molecule has 6 nitrogen and oxygen atoms in total. The standard InChI is InChI=1S/C15H21FN2O4S/c1-3-22-15(19)12-6-13(16)8-14(7-12)23(20,21)18-5-4-11(10-18)9-17-2/h6-8,11,17H,3-5,9-10H2,1-2H3. The van der Waals surface area contributed by atoms with Crippen LogP contribution >= 0.6 is 0 Å². The van der Waals surface area contributed by atoms with Crippen LogP contribution < -0.4 is 5.32 Å². The fourth-order valence-electron chi connectivity index (χ4n) is 2.66. The Bertz CT molecular complexity index is 678. The van der Waals surface area contributed by atoms with Crippen molar-refractivity contribution in [1.29, 1.82) is 0 Å². The van der Waals surface area contributed by atoms with Crippen molar-refractivity contribution in [3.8, 4) is 0 Å². The number of carbonyl (C=O) groups excluding carboxylic acids is 1. The van der Waals surface area contributed by atoms with Crippen LogP contribution in [0.15, 0.2) is 23.1 Å². The normalized spacial score (nSPS) is 19.0. The van der Waals surface area contributed by atoms with Crippen LogP contribution in [0.4, 0.5) is 4.39 Å². The first kappa shape index (κ1) is 17.8. The highest BCUT2D eigenvalue weighted by atomic mass is 32.2. The van der Waals surface area contributed by atoms with E-state index in [0.717, 1.165) is 25.1 Å². The number of halogens is 1. The van der Waals surface area contributed by atoms with Crippen LogP contribution in [0.5, 0.6) is 0 Å². The Morgan fingerprint density at radius 2 is 2.17 bits per heavy atom. The van der Waals surface area contributed by atoms with Crippen LogP contribution in [0.2, 0.25) is 0 Å². The maximum atomic E-state index is 13.7. The minimum absolute atomic E-state index is 0.101.